The van der Waals surface area contributed by atoms with E-state index in [-0.39, 0.29) is 18.6 Å². The van der Waals surface area contributed by atoms with Crippen LogP contribution in [0, 0.1) is 5.92 Å². The molecule has 10 heteroatoms. The third-order valence-corrected chi connectivity index (χ3v) is 5.00. The number of nitrogens with one attached hydrogen (secondary N) is 1. The van der Waals surface area contributed by atoms with Crippen molar-refractivity contribution in [1.29, 1.82) is 0 Å². The van der Waals surface area contributed by atoms with Gasteiger partial charge in [-0.25, -0.2) is 15.1 Å². The van der Waals surface area contributed by atoms with Crippen molar-refractivity contribution in [2.75, 3.05) is 6.61 Å². The quantitative estimate of drug-likeness (QED) is 0.656. The minimum atomic E-state index is -3.92. The molecule has 142 valence electrons. The molecule has 0 spiro atoms. The zero-order valence-corrected chi connectivity index (χ0v) is 15.2. The molecule has 0 radical (unpaired) electrons. The average molecular weight is 389 g/mol. The van der Waals surface area contributed by atoms with Gasteiger partial charge in [0.2, 0.25) is 5.88 Å². The Bertz CT molecular complexity index is 1040. The van der Waals surface area contributed by atoms with E-state index >= 15 is 0 Å². The van der Waals surface area contributed by atoms with Crippen molar-refractivity contribution in [2.45, 2.75) is 25.4 Å². The van der Waals surface area contributed by atoms with Crippen molar-refractivity contribution in [2.24, 2.45) is 11.1 Å². The number of nitrogens with two attached hydrogens (primary N) is 1. The molecule has 27 heavy (non-hydrogen) atoms. The van der Waals surface area contributed by atoms with E-state index in [0.29, 0.717) is 29.3 Å². The van der Waals surface area contributed by atoms with Crippen molar-refractivity contribution in [3.8, 4) is 17.3 Å². The molecule has 3 N–H and O–H groups in total. The first-order valence-electron chi connectivity index (χ1n) is 8.58. The molecular weight excluding hydrogens is 370 g/mol. The van der Waals surface area contributed by atoms with Crippen LogP contribution in [-0.4, -0.2) is 41.1 Å². The molecule has 2 heterocycles. The minimum Gasteiger partial charge on any atom is -0.473 e. The lowest BCUT2D eigenvalue weighted by Crippen LogP contribution is -2.20. The summed E-state index contributed by atoms with van der Waals surface area (Å²) in [5.41, 5.74) is 2.12. The van der Waals surface area contributed by atoms with E-state index in [1.165, 1.54) is 6.33 Å². The SMILES string of the molecule is NS(=O)(=O)OC[C@H]1CC[C@H](Oc2ncnc3[nH]c(-c4ccccc4)nc23)C1. The summed E-state index contributed by atoms with van der Waals surface area (Å²) in [6.45, 7) is 0.0679. The number of fused-ring (bicyclic) bond motifs is 1. The van der Waals surface area contributed by atoms with E-state index in [1.807, 2.05) is 30.3 Å². The Morgan fingerprint density at radius 2 is 2.00 bits per heavy atom. The van der Waals surface area contributed by atoms with Gasteiger partial charge in [0.1, 0.15) is 18.3 Å². The smallest absolute Gasteiger partial charge is 0.333 e. The van der Waals surface area contributed by atoms with Gasteiger partial charge in [-0.05, 0) is 25.2 Å². The molecule has 0 bridgehead atoms. The van der Waals surface area contributed by atoms with Crippen molar-refractivity contribution >= 4 is 21.5 Å². The summed E-state index contributed by atoms with van der Waals surface area (Å²) < 4.78 is 32.6. The fraction of sp³-hybridized carbons (Fsp3) is 0.353. The van der Waals surface area contributed by atoms with E-state index < -0.39 is 10.3 Å². The lowest BCUT2D eigenvalue weighted by atomic mass is 10.1. The van der Waals surface area contributed by atoms with E-state index in [4.69, 9.17) is 9.88 Å². The van der Waals surface area contributed by atoms with Gasteiger partial charge in [0.25, 0.3) is 0 Å². The molecule has 0 aliphatic heterocycles. The lowest BCUT2D eigenvalue weighted by Gasteiger charge is -2.13. The number of rotatable bonds is 6. The minimum absolute atomic E-state index is 0.0679. The number of aromatic amines is 1. The highest BCUT2D eigenvalue weighted by Gasteiger charge is 2.28. The van der Waals surface area contributed by atoms with Gasteiger partial charge in [-0.3, -0.25) is 4.18 Å². The maximum Gasteiger partial charge on any atom is 0.333 e. The van der Waals surface area contributed by atoms with Crippen LogP contribution in [0.15, 0.2) is 36.7 Å². The van der Waals surface area contributed by atoms with Crippen molar-refractivity contribution in [1.82, 2.24) is 19.9 Å². The van der Waals surface area contributed by atoms with E-state index in [0.717, 1.165) is 18.4 Å². The van der Waals surface area contributed by atoms with Gasteiger partial charge in [-0.15, -0.1) is 0 Å². The first-order chi connectivity index (χ1) is 13.0. The predicted octanol–water partition coefficient (Wildman–Crippen LogP) is 1.79. The highest BCUT2D eigenvalue weighted by atomic mass is 32.2. The molecule has 3 aromatic rings. The number of H-pyrrole nitrogens is 1. The number of imidazole rings is 1. The van der Waals surface area contributed by atoms with Gasteiger partial charge in [-0.2, -0.15) is 13.4 Å². The third kappa shape index (κ3) is 4.24. The van der Waals surface area contributed by atoms with Crippen LogP contribution in [0.3, 0.4) is 0 Å². The Morgan fingerprint density at radius 3 is 2.78 bits per heavy atom. The van der Waals surface area contributed by atoms with Crippen molar-refractivity contribution in [3.05, 3.63) is 36.7 Å². The standard InChI is InChI=1S/C17H19N5O4S/c18-27(23,24)25-9-11-6-7-13(8-11)26-17-14-16(19-10-20-17)22-15(21-14)12-4-2-1-3-5-12/h1-5,10-11,13H,6-9H2,(H2,18,23,24)(H,19,20,21,22)/t11-,13-/m0/s1. The van der Waals surface area contributed by atoms with Crippen LogP contribution in [0.1, 0.15) is 19.3 Å². The van der Waals surface area contributed by atoms with E-state index in [1.54, 1.807) is 0 Å². The van der Waals surface area contributed by atoms with Crippen LogP contribution in [0.2, 0.25) is 0 Å². The third-order valence-electron chi connectivity index (χ3n) is 4.54. The van der Waals surface area contributed by atoms with E-state index in [2.05, 4.69) is 24.1 Å². The first-order valence-corrected chi connectivity index (χ1v) is 10.0. The molecule has 1 saturated carbocycles. The zero-order chi connectivity index (χ0) is 18.9. The molecule has 4 rings (SSSR count). The summed E-state index contributed by atoms with van der Waals surface area (Å²) in [5, 5.41) is 4.87. The van der Waals surface area contributed by atoms with Crippen molar-refractivity contribution in [3.63, 3.8) is 0 Å². The van der Waals surface area contributed by atoms with Crippen LogP contribution >= 0.6 is 0 Å². The number of nitrogens with zero attached hydrogens (tertiary/aromatic N) is 3. The summed E-state index contributed by atoms with van der Waals surface area (Å²) in [7, 11) is -3.92. The Kier molecular flexibility index (Phi) is 4.77. The zero-order valence-electron chi connectivity index (χ0n) is 14.4. The number of ether oxygens (including phenoxy) is 1. The van der Waals surface area contributed by atoms with Gasteiger partial charge in [0, 0.05) is 5.56 Å². The summed E-state index contributed by atoms with van der Waals surface area (Å²) in [5.74, 6) is 1.18. The molecule has 0 amide bonds. The van der Waals surface area contributed by atoms with Crippen molar-refractivity contribution < 1.29 is 17.3 Å². The van der Waals surface area contributed by atoms with Crippen LogP contribution in [0.4, 0.5) is 0 Å². The molecule has 0 saturated heterocycles. The number of aromatic nitrogens is 4. The molecule has 2 aromatic heterocycles. The maximum absolute atomic E-state index is 10.9. The Labute approximate surface area is 156 Å². The highest BCUT2D eigenvalue weighted by molar-refractivity contribution is 7.84. The fourth-order valence-corrected chi connectivity index (χ4v) is 3.64. The Morgan fingerprint density at radius 1 is 1.19 bits per heavy atom. The summed E-state index contributed by atoms with van der Waals surface area (Å²) >= 11 is 0. The Hall–Kier alpha value is -2.56. The van der Waals surface area contributed by atoms with Crippen LogP contribution in [0.25, 0.3) is 22.6 Å². The van der Waals surface area contributed by atoms with Gasteiger partial charge in [0.05, 0.1) is 6.61 Å². The van der Waals surface area contributed by atoms with Gasteiger partial charge in [0.15, 0.2) is 11.2 Å². The monoisotopic (exact) mass is 389 g/mol. The highest BCUT2D eigenvalue weighted by Crippen LogP contribution is 2.31. The second-order valence-corrected chi connectivity index (χ2v) is 7.75. The van der Waals surface area contributed by atoms with Crippen LogP contribution in [0.5, 0.6) is 5.88 Å². The molecule has 0 unspecified atom stereocenters. The van der Waals surface area contributed by atoms with Gasteiger partial charge < -0.3 is 9.72 Å². The second-order valence-electron chi connectivity index (χ2n) is 6.52. The first kappa shape index (κ1) is 17.8. The summed E-state index contributed by atoms with van der Waals surface area (Å²) in [6.07, 6.45) is 3.58. The summed E-state index contributed by atoms with van der Waals surface area (Å²) in [4.78, 5) is 16.2. The predicted molar refractivity (Wildman–Crippen MR) is 97.9 cm³/mol. The number of hydrogen-bond acceptors (Lipinski definition) is 7. The van der Waals surface area contributed by atoms with Crippen LogP contribution in [-0.2, 0) is 14.5 Å². The largest absolute Gasteiger partial charge is 0.473 e. The number of benzene rings is 1. The topological polar surface area (TPSA) is 133 Å². The number of hydrogen-bond donors (Lipinski definition) is 2. The lowest BCUT2D eigenvalue weighted by molar-refractivity contribution is 0.186. The van der Waals surface area contributed by atoms with Gasteiger partial charge in [-0.1, -0.05) is 30.3 Å². The molecule has 1 aromatic carbocycles. The maximum atomic E-state index is 10.9. The normalized spacial score (nSPS) is 20.2. The molecule has 1 aliphatic rings. The summed E-state index contributed by atoms with van der Waals surface area (Å²) in [6, 6.07) is 9.73. The fourth-order valence-electron chi connectivity index (χ4n) is 3.26. The van der Waals surface area contributed by atoms with Crippen LogP contribution < -0.4 is 9.88 Å². The molecule has 2 atom stereocenters. The second kappa shape index (κ2) is 7.22. The molecule has 1 fully saturated rings. The average Bonchev–Trinajstić information content (AvgIpc) is 3.27. The molecule has 1 aliphatic carbocycles. The molecule has 9 nitrogen and oxygen atoms in total. The Balaban J connectivity index is 1.49. The van der Waals surface area contributed by atoms with E-state index in [9.17, 15) is 8.42 Å². The van der Waals surface area contributed by atoms with Gasteiger partial charge >= 0.3 is 10.3 Å². The molecular formula is C17H19N5O4S.